The first-order valence-corrected chi connectivity index (χ1v) is 12.2. The van der Waals surface area contributed by atoms with Crippen molar-refractivity contribution in [2.45, 2.75) is 78.4 Å². The van der Waals surface area contributed by atoms with Crippen LogP contribution in [0.2, 0.25) is 0 Å². The maximum atomic E-state index is 10.2. The Morgan fingerprint density at radius 2 is 1.81 bits per heavy atom. The van der Waals surface area contributed by atoms with Gasteiger partial charge in [-0.1, -0.05) is 67.1 Å². The Morgan fingerprint density at radius 3 is 2.61 bits per heavy atom. The van der Waals surface area contributed by atoms with Gasteiger partial charge < -0.3 is 9.94 Å². The fraction of sp³-hybridized carbons (Fsp3) is 0.607. The second kappa shape index (κ2) is 7.92. The summed E-state index contributed by atoms with van der Waals surface area (Å²) in [5.41, 5.74) is 5.69. The largest absolute Gasteiger partial charge is 0.393 e. The Labute approximate surface area is 187 Å². The number of fused-ring (bicyclic) bond motifs is 5. The van der Waals surface area contributed by atoms with Gasteiger partial charge in [0.15, 0.2) is 0 Å². The topological polar surface area (TPSA) is 41.8 Å². The summed E-state index contributed by atoms with van der Waals surface area (Å²) in [7, 11) is 0. The van der Waals surface area contributed by atoms with E-state index in [1.165, 1.54) is 31.3 Å². The second-order valence-electron chi connectivity index (χ2n) is 10.9. The Kier molecular flexibility index (Phi) is 5.37. The highest BCUT2D eigenvalue weighted by Crippen LogP contribution is 2.65. The molecule has 2 fully saturated rings. The summed E-state index contributed by atoms with van der Waals surface area (Å²) >= 11 is 0. The van der Waals surface area contributed by atoms with E-state index in [2.05, 4.69) is 50.2 Å². The van der Waals surface area contributed by atoms with Gasteiger partial charge in [0.25, 0.3) is 0 Å². The van der Waals surface area contributed by atoms with Crippen LogP contribution < -0.4 is 0 Å². The smallest absolute Gasteiger partial charge is 0.142 e. The lowest BCUT2D eigenvalue weighted by Gasteiger charge is -2.57. The molecule has 0 spiro atoms. The fourth-order valence-corrected chi connectivity index (χ4v) is 7.60. The first-order chi connectivity index (χ1) is 14.9. The number of rotatable bonds is 4. The lowest BCUT2D eigenvalue weighted by molar-refractivity contribution is -0.0280. The summed E-state index contributed by atoms with van der Waals surface area (Å²) in [5.74, 6) is 2.20. The van der Waals surface area contributed by atoms with Crippen LogP contribution in [0.4, 0.5) is 0 Å². The van der Waals surface area contributed by atoms with E-state index in [0.717, 1.165) is 42.4 Å². The second-order valence-corrected chi connectivity index (χ2v) is 10.9. The number of aliphatic hydroxyl groups excluding tert-OH is 1. The van der Waals surface area contributed by atoms with Crippen molar-refractivity contribution < 1.29 is 9.94 Å². The molecule has 1 aromatic rings. The normalized spacial score (nSPS) is 39.7. The standard InChI is InChI=1S/C28H37NO2/c1-19(29-31-18-20-7-5-4-6-8-20)24-11-12-25-23-10-9-21-17-22(30)13-15-27(21,2)26(23)14-16-28(24,25)3/h4-9,11,22-23,25-26,30H,10,12-18H2,1-3H3/b29-19-. The number of hydrogen-bond acceptors (Lipinski definition) is 3. The number of nitrogens with zero attached hydrogens (tertiary/aromatic N) is 1. The van der Waals surface area contributed by atoms with Crippen molar-refractivity contribution in [3.8, 4) is 0 Å². The lowest BCUT2D eigenvalue weighted by atomic mass is 9.47. The number of oxime groups is 1. The number of hydrogen-bond donors (Lipinski definition) is 1. The SMILES string of the molecule is C/C(=N/OCc1ccccc1)C1=CCC2C3CC=C4CC(O)CCC4(C)C3CCC12C. The molecule has 0 heterocycles. The third kappa shape index (κ3) is 3.50. The van der Waals surface area contributed by atoms with Crippen molar-refractivity contribution in [1.82, 2.24) is 0 Å². The van der Waals surface area contributed by atoms with Crippen molar-refractivity contribution in [3.63, 3.8) is 0 Å². The van der Waals surface area contributed by atoms with Gasteiger partial charge in [-0.15, -0.1) is 0 Å². The molecule has 166 valence electrons. The molecular weight excluding hydrogens is 382 g/mol. The molecular formula is C28H37NO2. The van der Waals surface area contributed by atoms with E-state index in [1.54, 1.807) is 5.57 Å². The van der Waals surface area contributed by atoms with Crippen LogP contribution in [0.15, 0.2) is 58.8 Å². The molecule has 0 bridgehead atoms. The van der Waals surface area contributed by atoms with Crippen LogP contribution in [0.5, 0.6) is 0 Å². The predicted molar refractivity (Wildman–Crippen MR) is 126 cm³/mol. The zero-order valence-corrected chi connectivity index (χ0v) is 19.3. The van der Waals surface area contributed by atoms with Crippen LogP contribution in [0.1, 0.15) is 71.3 Å². The van der Waals surface area contributed by atoms with Crippen molar-refractivity contribution in [2.75, 3.05) is 0 Å². The zero-order chi connectivity index (χ0) is 21.6. The summed E-state index contributed by atoms with van der Waals surface area (Å²) in [6.45, 7) is 7.63. The van der Waals surface area contributed by atoms with E-state index in [4.69, 9.17) is 4.84 Å². The van der Waals surface area contributed by atoms with Gasteiger partial charge in [-0.25, -0.2) is 0 Å². The molecule has 3 nitrogen and oxygen atoms in total. The Balaban J connectivity index is 1.32. The van der Waals surface area contributed by atoms with Gasteiger partial charge in [-0.05, 0) is 91.6 Å². The third-order valence-electron chi connectivity index (χ3n) is 9.32. The maximum absolute atomic E-state index is 10.2. The van der Waals surface area contributed by atoms with Gasteiger partial charge in [0.1, 0.15) is 6.61 Å². The van der Waals surface area contributed by atoms with E-state index >= 15 is 0 Å². The van der Waals surface area contributed by atoms with Crippen molar-refractivity contribution in [1.29, 1.82) is 0 Å². The highest BCUT2D eigenvalue weighted by atomic mass is 16.6. The molecule has 4 aliphatic carbocycles. The van der Waals surface area contributed by atoms with Crippen LogP contribution in [-0.2, 0) is 11.4 Å². The molecule has 6 unspecified atom stereocenters. The summed E-state index contributed by atoms with van der Waals surface area (Å²) in [6, 6.07) is 10.3. The minimum atomic E-state index is -0.126. The van der Waals surface area contributed by atoms with Crippen LogP contribution >= 0.6 is 0 Å². The van der Waals surface area contributed by atoms with Gasteiger partial charge in [-0.2, -0.15) is 0 Å². The Bertz CT molecular complexity index is 916. The monoisotopic (exact) mass is 419 g/mol. The van der Waals surface area contributed by atoms with Crippen LogP contribution in [0.25, 0.3) is 0 Å². The van der Waals surface area contributed by atoms with Gasteiger partial charge in [-0.3, -0.25) is 0 Å². The first-order valence-electron chi connectivity index (χ1n) is 12.2. The molecule has 3 heteroatoms. The molecule has 0 amide bonds. The van der Waals surface area contributed by atoms with E-state index in [9.17, 15) is 5.11 Å². The summed E-state index contributed by atoms with van der Waals surface area (Å²) in [4.78, 5) is 5.74. The highest BCUT2D eigenvalue weighted by Gasteiger charge is 2.56. The number of allylic oxidation sites excluding steroid dienone is 3. The summed E-state index contributed by atoms with van der Waals surface area (Å²) < 4.78 is 0. The summed E-state index contributed by atoms with van der Waals surface area (Å²) in [5, 5.41) is 14.8. The molecule has 0 radical (unpaired) electrons. The average molecular weight is 420 g/mol. The van der Waals surface area contributed by atoms with Gasteiger partial charge in [0.05, 0.1) is 11.8 Å². The van der Waals surface area contributed by atoms with Gasteiger partial charge >= 0.3 is 0 Å². The molecule has 1 aromatic carbocycles. The molecule has 2 saturated carbocycles. The third-order valence-corrected chi connectivity index (χ3v) is 9.32. The highest BCUT2D eigenvalue weighted by molar-refractivity contribution is 5.99. The average Bonchev–Trinajstić information content (AvgIpc) is 3.12. The Hall–Kier alpha value is -1.87. The van der Waals surface area contributed by atoms with Gasteiger partial charge in [0, 0.05) is 0 Å². The Morgan fingerprint density at radius 1 is 1.03 bits per heavy atom. The first kappa shape index (κ1) is 21.0. The molecule has 0 saturated heterocycles. The van der Waals surface area contributed by atoms with Crippen LogP contribution in [0, 0.1) is 28.6 Å². The number of benzene rings is 1. The fourth-order valence-electron chi connectivity index (χ4n) is 7.60. The van der Waals surface area contributed by atoms with Crippen molar-refractivity contribution in [3.05, 3.63) is 59.2 Å². The van der Waals surface area contributed by atoms with E-state index in [0.29, 0.717) is 17.9 Å². The summed E-state index contributed by atoms with van der Waals surface area (Å²) in [6.07, 6.45) is 12.7. The maximum Gasteiger partial charge on any atom is 0.142 e. The molecule has 0 aliphatic heterocycles. The lowest BCUT2D eigenvalue weighted by Crippen LogP contribution is -2.50. The van der Waals surface area contributed by atoms with E-state index in [1.807, 2.05) is 18.2 Å². The quantitative estimate of drug-likeness (QED) is 0.347. The van der Waals surface area contributed by atoms with E-state index in [-0.39, 0.29) is 11.5 Å². The zero-order valence-electron chi connectivity index (χ0n) is 19.3. The predicted octanol–water partition coefficient (Wildman–Crippen LogP) is 6.44. The molecule has 1 N–H and O–H groups in total. The number of aliphatic hydroxyl groups is 1. The molecule has 0 aromatic heterocycles. The minimum Gasteiger partial charge on any atom is -0.393 e. The van der Waals surface area contributed by atoms with Crippen LogP contribution in [-0.4, -0.2) is 16.9 Å². The van der Waals surface area contributed by atoms with Crippen LogP contribution in [0.3, 0.4) is 0 Å². The molecule has 31 heavy (non-hydrogen) atoms. The minimum absolute atomic E-state index is 0.126. The van der Waals surface area contributed by atoms with Crippen molar-refractivity contribution >= 4 is 5.71 Å². The molecule has 6 atom stereocenters. The molecule has 4 aliphatic rings. The molecule has 5 rings (SSSR count). The van der Waals surface area contributed by atoms with Crippen molar-refractivity contribution in [2.24, 2.45) is 33.7 Å². The van der Waals surface area contributed by atoms with Gasteiger partial charge in [0.2, 0.25) is 0 Å². The van der Waals surface area contributed by atoms with E-state index < -0.39 is 0 Å².